The van der Waals surface area contributed by atoms with Gasteiger partial charge in [-0.1, -0.05) is 80.0 Å². The Balaban J connectivity index is 2.50. The van der Waals surface area contributed by atoms with E-state index in [1.807, 2.05) is 5.32 Å². The molecule has 544 valence electrons. The monoisotopic (exact) mass is 1390 g/mol. The van der Waals surface area contributed by atoms with Crippen LogP contribution in [0.2, 0.25) is 0 Å². The predicted octanol–water partition coefficient (Wildman–Crippen LogP) is -4.54. The number of aromatic nitrogens is 1. The van der Waals surface area contributed by atoms with Crippen LogP contribution in [0.15, 0.2) is 30.5 Å². The van der Waals surface area contributed by atoms with E-state index in [4.69, 9.17) is 17.2 Å². The summed E-state index contributed by atoms with van der Waals surface area (Å²) in [6, 6.07) is -11.9. The van der Waals surface area contributed by atoms with Crippen LogP contribution in [0.5, 0.6) is 0 Å². The lowest BCUT2D eigenvalue weighted by Gasteiger charge is -2.29. The molecule has 0 aliphatic rings. The summed E-state index contributed by atoms with van der Waals surface area (Å²) in [6.45, 7) is 10.7. The summed E-state index contributed by atoms with van der Waals surface area (Å²) in [7, 11) is 0. The predicted molar refractivity (Wildman–Crippen MR) is 355 cm³/mol. The quantitative estimate of drug-likeness (QED) is 0.0278. The first kappa shape index (κ1) is 84.6. The first-order valence-electron chi connectivity index (χ1n) is 32.1. The third-order valence-corrected chi connectivity index (χ3v) is 16.1. The zero-order chi connectivity index (χ0) is 73.4. The number of thioether (sulfide) groups is 1. The van der Waals surface area contributed by atoms with Crippen molar-refractivity contribution in [1.29, 1.82) is 0 Å². The SMILES string of the molecule is CC[C@H](C)[C@H](NC(=O)[C@H](CCSC)NC(=O)[C@H](CC(C)C)NC(=O)[C@H](CO)NC(=O)[C@@H](NC(=O)[C@H](CCCCN)NC(=O)[C@H](CC(C)C)NC(=O)[C@H](Cc1c[nH]c2ccccc12)NC(=O)[C@H](CO)NC(=O)[C@H](CC(N)=O)NC(=O)[C@H](CC(=O)O)NC(=O)[C@@H](N)CO)C(C)C)C(=O)O. The highest BCUT2D eigenvalue weighted by atomic mass is 32.2. The van der Waals surface area contributed by atoms with Gasteiger partial charge in [0.05, 0.1) is 32.7 Å². The van der Waals surface area contributed by atoms with Gasteiger partial charge < -0.3 is 106 Å². The van der Waals surface area contributed by atoms with Crippen molar-refractivity contribution in [2.24, 2.45) is 40.9 Å². The number of carboxylic acid groups (broad SMARTS) is 2. The Bertz CT molecular complexity index is 3010. The smallest absolute Gasteiger partial charge is 0.326 e. The molecule has 0 unspecified atom stereocenters. The highest BCUT2D eigenvalue weighted by molar-refractivity contribution is 7.98. The van der Waals surface area contributed by atoms with Crippen LogP contribution >= 0.6 is 11.8 Å². The summed E-state index contributed by atoms with van der Waals surface area (Å²) in [4.78, 5) is 192. The van der Waals surface area contributed by atoms with E-state index in [-0.39, 0.29) is 56.9 Å². The molecule has 13 atom stereocenters. The van der Waals surface area contributed by atoms with Gasteiger partial charge >= 0.3 is 11.9 Å². The third-order valence-electron chi connectivity index (χ3n) is 15.5. The number of hydrogen-bond acceptors (Lipinski definition) is 20. The van der Waals surface area contributed by atoms with E-state index in [0.29, 0.717) is 35.1 Å². The van der Waals surface area contributed by atoms with Crippen LogP contribution in [-0.2, 0) is 73.5 Å². The van der Waals surface area contributed by atoms with Crippen molar-refractivity contribution < 1.29 is 92.7 Å². The van der Waals surface area contributed by atoms with Gasteiger partial charge in [0.25, 0.3) is 0 Å². The first-order valence-corrected chi connectivity index (χ1v) is 33.5. The van der Waals surface area contributed by atoms with E-state index in [2.05, 4.69) is 58.2 Å². The topological polar surface area (TPSA) is 566 Å². The number of carbonyl (C=O) groups excluding carboxylic acids is 12. The molecule has 0 radical (unpaired) electrons. The highest BCUT2D eigenvalue weighted by Gasteiger charge is 2.38. The second kappa shape index (κ2) is 42.9. The maximum absolute atomic E-state index is 14.7. The molecule has 97 heavy (non-hydrogen) atoms. The molecule has 0 fully saturated rings. The minimum atomic E-state index is -1.97. The second-order valence-electron chi connectivity index (χ2n) is 24.8. The summed E-state index contributed by atoms with van der Waals surface area (Å²) in [5, 5.41) is 77.0. The van der Waals surface area contributed by atoms with Crippen LogP contribution in [0.1, 0.15) is 119 Å². The number of benzene rings is 1. The molecule has 0 spiro atoms. The van der Waals surface area contributed by atoms with E-state index in [0.717, 1.165) is 0 Å². The molecule has 12 amide bonds. The lowest BCUT2D eigenvalue weighted by molar-refractivity contribution is -0.144. The zero-order valence-corrected chi connectivity index (χ0v) is 57.1. The van der Waals surface area contributed by atoms with Crippen LogP contribution in [-0.4, -0.2) is 224 Å². The number of nitrogens with two attached hydrogens (primary N) is 3. The number of para-hydroxylation sites is 1. The molecule has 0 saturated carbocycles. The number of nitrogens with one attached hydrogen (secondary N) is 12. The van der Waals surface area contributed by atoms with Crippen molar-refractivity contribution in [3.8, 4) is 0 Å². The summed E-state index contributed by atoms with van der Waals surface area (Å²) in [5.41, 5.74) is 17.7. The molecule has 0 saturated heterocycles. The largest absolute Gasteiger partial charge is 0.481 e. The van der Waals surface area contributed by atoms with E-state index in [1.54, 1.807) is 92.1 Å². The summed E-state index contributed by atoms with van der Waals surface area (Å²) < 4.78 is 0. The van der Waals surface area contributed by atoms with Crippen molar-refractivity contribution in [1.82, 2.24) is 63.5 Å². The average Bonchev–Trinajstić information content (AvgIpc) is 1.83. The van der Waals surface area contributed by atoms with Gasteiger partial charge in [-0.05, 0) is 92.4 Å². The maximum Gasteiger partial charge on any atom is 0.326 e. The van der Waals surface area contributed by atoms with Gasteiger partial charge in [-0.3, -0.25) is 62.3 Å². The molecule has 1 aromatic heterocycles. The lowest BCUT2D eigenvalue weighted by Crippen LogP contribution is -2.62. The van der Waals surface area contributed by atoms with Crippen molar-refractivity contribution in [2.45, 2.75) is 192 Å². The van der Waals surface area contributed by atoms with Gasteiger partial charge in [-0.2, -0.15) is 11.8 Å². The fourth-order valence-electron chi connectivity index (χ4n) is 9.84. The van der Waals surface area contributed by atoms with Crippen LogP contribution in [0.25, 0.3) is 10.9 Å². The van der Waals surface area contributed by atoms with E-state index >= 15 is 0 Å². The fraction of sp³-hybridized carbons (Fsp3) is 0.645. The molecule has 23 N–H and O–H groups in total. The number of fused-ring (bicyclic) bond motifs is 1. The number of aliphatic carboxylic acids is 2. The second-order valence-corrected chi connectivity index (χ2v) is 25.8. The Morgan fingerprint density at radius 3 is 1.39 bits per heavy atom. The Morgan fingerprint density at radius 2 is 0.928 bits per heavy atom. The Morgan fingerprint density at radius 1 is 0.505 bits per heavy atom. The molecule has 2 aromatic rings. The number of aliphatic hydroxyl groups excluding tert-OH is 3. The van der Waals surface area contributed by atoms with Gasteiger partial charge in [0.1, 0.15) is 72.5 Å². The number of hydrogen-bond donors (Lipinski definition) is 20. The summed E-state index contributed by atoms with van der Waals surface area (Å²) in [6.07, 6.45) is 2.06. The van der Waals surface area contributed by atoms with Crippen molar-refractivity contribution >= 4 is 105 Å². The van der Waals surface area contributed by atoms with Crippen LogP contribution in [0.3, 0.4) is 0 Å². The molecular formula is C62H101N15O19S. The standard InChI is InChI=1S/C62H101N15O19S/c1-10-33(8)50(62(95)96)77-53(86)39(18-20-97-9)68-55(88)41(22-31(4)5)71-60(93)46(29-80)75-61(94)49(32(6)7)76-52(85)38(17-13-14-19-63)67-54(87)40(21-30(2)3)70-56(89)42(23-34-26-66-37-16-12-11-15-35(34)37)72-59(92)45(28-79)74-57(90)43(24-47(65)81)73-58(91)44(25-48(82)83)69-51(84)36(64)27-78/h11-12,15-16,26,30-33,36,38-46,49-50,66,78-80H,10,13-14,17-25,27-29,63-64H2,1-9H3,(H2,65,81)(H,67,87)(H,68,88)(H,69,84)(H,70,89)(H,71,93)(H,72,92)(H,73,91)(H,74,90)(H,75,94)(H,76,85)(H,77,86)(H,82,83)(H,95,96)/t33-,36-,38-,39-,40-,41-,42-,43-,44-,45-,46-,49-,50-/m0/s1. The fourth-order valence-corrected chi connectivity index (χ4v) is 10.3. The number of carboxylic acids is 2. The normalized spacial score (nSPS) is 15.4. The zero-order valence-electron chi connectivity index (χ0n) is 56.3. The Labute approximate surface area is 566 Å². The van der Waals surface area contributed by atoms with Crippen LogP contribution < -0.4 is 75.7 Å². The third kappa shape index (κ3) is 29.0. The number of amides is 12. The van der Waals surface area contributed by atoms with E-state index < -0.39 is 200 Å². The van der Waals surface area contributed by atoms with Gasteiger partial charge in [0.15, 0.2) is 0 Å². The first-order chi connectivity index (χ1) is 45.7. The Hall–Kier alpha value is -8.51. The summed E-state index contributed by atoms with van der Waals surface area (Å²) in [5.74, 6) is -16.7. The van der Waals surface area contributed by atoms with E-state index in [9.17, 15) is 92.7 Å². The summed E-state index contributed by atoms with van der Waals surface area (Å²) >= 11 is 1.38. The molecule has 35 heteroatoms. The average molecular weight is 1390 g/mol. The number of rotatable bonds is 46. The molecule has 0 aliphatic heterocycles. The lowest BCUT2D eigenvalue weighted by atomic mass is 9.98. The van der Waals surface area contributed by atoms with Crippen LogP contribution in [0, 0.1) is 23.7 Å². The number of H-pyrrole nitrogens is 1. The molecular weight excluding hydrogens is 1290 g/mol. The van der Waals surface area contributed by atoms with E-state index in [1.165, 1.54) is 11.8 Å². The molecule has 34 nitrogen and oxygen atoms in total. The van der Waals surface area contributed by atoms with Gasteiger partial charge in [0, 0.05) is 23.5 Å². The van der Waals surface area contributed by atoms with Crippen molar-refractivity contribution in [3.63, 3.8) is 0 Å². The molecule has 1 heterocycles. The van der Waals surface area contributed by atoms with Crippen molar-refractivity contribution in [3.05, 3.63) is 36.0 Å². The number of aliphatic hydroxyl groups is 3. The number of primary amides is 1. The minimum absolute atomic E-state index is 0.0231. The minimum Gasteiger partial charge on any atom is -0.481 e. The van der Waals surface area contributed by atoms with Crippen LogP contribution in [0.4, 0.5) is 0 Å². The number of aromatic amines is 1. The molecule has 0 aliphatic carbocycles. The molecule has 1 aromatic carbocycles. The number of unbranched alkanes of at least 4 members (excludes halogenated alkanes) is 1. The van der Waals surface area contributed by atoms with Gasteiger partial charge in [0.2, 0.25) is 70.9 Å². The highest BCUT2D eigenvalue weighted by Crippen LogP contribution is 2.20. The Kier molecular flexibility index (Phi) is 37.4. The van der Waals surface area contributed by atoms with Crippen molar-refractivity contribution in [2.75, 3.05) is 38.4 Å². The molecule has 2 rings (SSSR count). The number of carbonyl (C=O) groups is 14. The maximum atomic E-state index is 14.7. The van der Waals surface area contributed by atoms with Gasteiger partial charge in [-0.25, -0.2) is 4.79 Å². The van der Waals surface area contributed by atoms with Gasteiger partial charge in [-0.15, -0.1) is 0 Å². The molecule has 0 bridgehead atoms.